The normalized spacial score (nSPS) is 11.7. The standard InChI is InChI=1S/C20H19NO3/c1-23-17-11-6-5-10-16(17)14-19(22)21-20(18-12-7-13-24-18)15-8-3-2-4-9-15/h2-13,20H,14H2,1H3,(H,21,22)/t20-/m0/s1. The second kappa shape index (κ2) is 7.51. The quantitative estimate of drug-likeness (QED) is 0.752. The Labute approximate surface area is 141 Å². The first kappa shape index (κ1) is 15.9. The topological polar surface area (TPSA) is 51.5 Å². The van der Waals surface area contributed by atoms with E-state index in [0.717, 1.165) is 11.1 Å². The molecule has 1 amide bonds. The van der Waals surface area contributed by atoms with Gasteiger partial charge in [-0.3, -0.25) is 4.79 Å². The van der Waals surface area contributed by atoms with Crippen LogP contribution in [0.25, 0.3) is 0 Å². The molecule has 1 N–H and O–H groups in total. The second-order valence-electron chi connectivity index (χ2n) is 5.42. The molecular weight excluding hydrogens is 302 g/mol. The molecule has 1 atom stereocenters. The smallest absolute Gasteiger partial charge is 0.225 e. The van der Waals surface area contributed by atoms with E-state index in [1.807, 2.05) is 66.7 Å². The summed E-state index contributed by atoms with van der Waals surface area (Å²) in [6.45, 7) is 0. The predicted octanol–water partition coefficient (Wildman–Crippen LogP) is 3.74. The molecule has 3 aromatic rings. The van der Waals surface area contributed by atoms with E-state index in [1.165, 1.54) is 0 Å². The molecule has 0 spiro atoms. The molecule has 0 aliphatic rings. The molecule has 4 heteroatoms. The molecule has 0 radical (unpaired) electrons. The number of para-hydroxylation sites is 1. The van der Waals surface area contributed by atoms with Crippen molar-refractivity contribution in [3.8, 4) is 5.75 Å². The van der Waals surface area contributed by atoms with Crippen LogP contribution in [0.2, 0.25) is 0 Å². The molecule has 0 bridgehead atoms. The summed E-state index contributed by atoms with van der Waals surface area (Å²) < 4.78 is 10.8. The molecule has 24 heavy (non-hydrogen) atoms. The summed E-state index contributed by atoms with van der Waals surface area (Å²) in [5.41, 5.74) is 1.82. The first-order valence-electron chi connectivity index (χ1n) is 7.77. The zero-order valence-electron chi connectivity index (χ0n) is 13.4. The van der Waals surface area contributed by atoms with Gasteiger partial charge in [0, 0.05) is 5.56 Å². The Morgan fingerprint density at radius 2 is 1.79 bits per heavy atom. The van der Waals surface area contributed by atoms with Gasteiger partial charge in [0.25, 0.3) is 0 Å². The summed E-state index contributed by atoms with van der Waals surface area (Å²) in [6.07, 6.45) is 1.85. The van der Waals surface area contributed by atoms with Crippen molar-refractivity contribution >= 4 is 5.91 Å². The van der Waals surface area contributed by atoms with E-state index in [4.69, 9.17) is 9.15 Å². The van der Waals surface area contributed by atoms with Crippen LogP contribution in [-0.4, -0.2) is 13.0 Å². The fourth-order valence-corrected chi connectivity index (χ4v) is 2.65. The number of benzene rings is 2. The van der Waals surface area contributed by atoms with Crippen molar-refractivity contribution < 1.29 is 13.9 Å². The Kier molecular flexibility index (Phi) is 4.96. The van der Waals surface area contributed by atoms with Gasteiger partial charge in [-0.15, -0.1) is 0 Å². The fraction of sp³-hybridized carbons (Fsp3) is 0.150. The monoisotopic (exact) mass is 321 g/mol. The van der Waals surface area contributed by atoms with E-state index >= 15 is 0 Å². The number of hydrogen-bond acceptors (Lipinski definition) is 3. The molecule has 0 unspecified atom stereocenters. The van der Waals surface area contributed by atoms with E-state index in [0.29, 0.717) is 11.5 Å². The maximum absolute atomic E-state index is 12.6. The van der Waals surface area contributed by atoms with Crippen molar-refractivity contribution in [1.82, 2.24) is 5.32 Å². The van der Waals surface area contributed by atoms with E-state index in [1.54, 1.807) is 13.4 Å². The molecule has 0 aliphatic carbocycles. The summed E-state index contributed by atoms with van der Waals surface area (Å²) in [7, 11) is 1.60. The summed E-state index contributed by atoms with van der Waals surface area (Å²) in [6, 6.07) is 20.7. The third kappa shape index (κ3) is 3.66. The van der Waals surface area contributed by atoms with Crippen LogP contribution < -0.4 is 10.1 Å². The number of amides is 1. The van der Waals surface area contributed by atoms with E-state index in [9.17, 15) is 4.79 Å². The lowest BCUT2D eigenvalue weighted by atomic mass is 10.0. The van der Waals surface area contributed by atoms with Gasteiger partial charge in [-0.2, -0.15) is 0 Å². The lowest BCUT2D eigenvalue weighted by Gasteiger charge is -2.17. The van der Waals surface area contributed by atoms with Crippen molar-refractivity contribution in [3.63, 3.8) is 0 Å². The van der Waals surface area contributed by atoms with Crippen molar-refractivity contribution in [3.05, 3.63) is 89.9 Å². The molecule has 122 valence electrons. The van der Waals surface area contributed by atoms with Gasteiger partial charge in [0.1, 0.15) is 17.6 Å². The van der Waals surface area contributed by atoms with Crippen molar-refractivity contribution in [1.29, 1.82) is 0 Å². The number of carbonyl (C=O) groups excluding carboxylic acids is 1. The molecule has 0 saturated heterocycles. The Bertz CT molecular complexity index is 782. The average molecular weight is 321 g/mol. The third-order valence-corrected chi connectivity index (χ3v) is 3.81. The molecule has 0 saturated carbocycles. The Morgan fingerprint density at radius 1 is 1.04 bits per heavy atom. The molecular formula is C20H19NO3. The Balaban J connectivity index is 1.79. The lowest BCUT2D eigenvalue weighted by molar-refractivity contribution is -0.121. The van der Waals surface area contributed by atoms with E-state index in [-0.39, 0.29) is 18.4 Å². The molecule has 0 fully saturated rings. The average Bonchev–Trinajstić information content (AvgIpc) is 3.15. The van der Waals surface area contributed by atoms with E-state index in [2.05, 4.69) is 5.32 Å². The number of ether oxygens (including phenoxy) is 1. The second-order valence-corrected chi connectivity index (χ2v) is 5.42. The lowest BCUT2D eigenvalue weighted by Crippen LogP contribution is -2.30. The first-order valence-corrected chi connectivity index (χ1v) is 7.77. The molecule has 1 heterocycles. The molecule has 2 aromatic carbocycles. The van der Waals surface area contributed by atoms with Gasteiger partial charge in [0.2, 0.25) is 5.91 Å². The highest BCUT2D eigenvalue weighted by molar-refractivity contribution is 5.80. The van der Waals surface area contributed by atoms with Crippen LogP contribution in [0.3, 0.4) is 0 Å². The maximum Gasteiger partial charge on any atom is 0.225 e. The summed E-state index contributed by atoms with van der Waals surface area (Å²) in [5, 5.41) is 3.05. The van der Waals surface area contributed by atoms with Crippen LogP contribution in [0.1, 0.15) is 22.9 Å². The van der Waals surface area contributed by atoms with Gasteiger partial charge in [-0.25, -0.2) is 0 Å². The summed E-state index contributed by atoms with van der Waals surface area (Å²) in [4.78, 5) is 12.6. The largest absolute Gasteiger partial charge is 0.496 e. The van der Waals surface area contributed by atoms with Gasteiger partial charge >= 0.3 is 0 Å². The first-order chi connectivity index (χ1) is 11.8. The number of rotatable bonds is 6. The van der Waals surface area contributed by atoms with Crippen molar-refractivity contribution in [2.45, 2.75) is 12.5 Å². The summed E-state index contributed by atoms with van der Waals surface area (Å²) in [5.74, 6) is 1.32. The van der Waals surface area contributed by atoms with Gasteiger partial charge in [-0.05, 0) is 23.8 Å². The predicted molar refractivity (Wildman–Crippen MR) is 91.8 cm³/mol. The molecule has 4 nitrogen and oxygen atoms in total. The van der Waals surface area contributed by atoms with Crippen LogP contribution >= 0.6 is 0 Å². The van der Waals surface area contributed by atoms with Gasteiger partial charge < -0.3 is 14.5 Å². The number of methoxy groups -OCH3 is 1. The minimum Gasteiger partial charge on any atom is -0.496 e. The van der Waals surface area contributed by atoms with Crippen molar-refractivity contribution in [2.24, 2.45) is 0 Å². The minimum absolute atomic E-state index is 0.0928. The van der Waals surface area contributed by atoms with Crippen LogP contribution in [0.4, 0.5) is 0 Å². The third-order valence-electron chi connectivity index (χ3n) is 3.81. The number of hydrogen-bond donors (Lipinski definition) is 1. The Hall–Kier alpha value is -3.01. The number of carbonyl (C=O) groups is 1. The van der Waals surface area contributed by atoms with Crippen LogP contribution in [0.15, 0.2) is 77.4 Å². The summed E-state index contributed by atoms with van der Waals surface area (Å²) >= 11 is 0. The highest BCUT2D eigenvalue weighted by atomic mass is 16.5. The van der Waals surface area contributed by atoms with E-state index < -0.39 is 0 Å². The highest BCUT2D eigenvalue weighted by Crippen LogP contribution is 2.23. The molecule has 3 rings (SSSR count). The molecule has 0 aliphatic heterocycles. The SMILES string of the molecule is COc1ccccc1CC(=O)N[C@@H](c1ccccc1)c1ccco1. The zero-order chi connectivity index (χ0) is 16.8. The Morgan fingerprint density at radius 3 is 2.50 bits per heavy atom. The van der Waals surface area contributed by atoms with Crippen molar-refractivity contribution in [2.75, 3.05) is 7.11 Å². The number of nitrogens with one attached hydrogen (secondary N) is 1. The highest BCUT2D eigenvalue weighted by Gasteiger charge is 2.20. The number of furan rings is 1. The van der Waals surface area contributed by atoms with Gasteiger partial charge in [0.05, 0.1) is 19.8 Å². The van der Waals surface area contributed by atoms with Crippen LogP contribution in [0.5, 0.6) is 5.75 Å². The van der Waals surface area contributed by atoms with Gasteiger partial charge in [0.15, 0.2) is 0 Å². The zero-order valence-corrected chi connectivity index (χ0v) is 13.4. The van der Waals surface area contributed by atoms with Crippen LogP contribution in [0, 0.1) is 0 Å². The fourth-order valence-electron chi connectivity index (χ4n) is 2.65. The van der Waals surface area contributed by atoms with Gasteiger partial charge in [-0.1, -0.05) is 48.5 Å². The molecule has 1 aromatic heterocycles. The minimum atomic E-state index is -0.316. The maximum atomic E-state index is 12.6. The van der Waals surface area contributed by atoms with Crippen LogP contribution in [-0.2, 0) is 11.2 Å².